The van der Waals surface area contributed by atoms with Gasteiger partial charge in [-0.05, 0) is 0 Å². The molecule has 0 aliphatic carbocycles. The summed E-state index contributed by atoms with van der Waals surface area (Å²) in [4.78, 5) is 0. The van der Waals surface area contributed by atoms with Crippen LogP contribution in [0.5, 0.6) is 0 Å². The van der Waals surface area contributed by atoms with Crippen LogP contribution in [0.2, 0.25) is 0 Å². The Bertz CT molecular complexity index is 155. The summed E-state index contributed by atoms with van der Waals surface area (Å²) in [6.07, 6.45) is 0. The van der Waals surface area contributed by atoms with Crippen LogP contribution in [0.15, 0.2) is 0 Å². The van der Waals surface area contributed by atoms with E-state index in [0.717, 1.165) is 0 Å². The van der Waals surface area contributed by atoms with Gasteiger partial charge in [-0.3, -0.25) is 0 Å². The molecule has 0 atom stereocenters. The first-order valence-electron chi connectivity index (χ1n) is 1.76. The van der Waals surface area contributed by atoms with Gasteiger partial charge in [0, 0.05) is 0 Å². The molecule has 0 saturated heterocycles. The van der Waals surface area contributed by atoms with Crippen LogP contribution >= 0.6 is 12.1 Å². The summed E-state index contributed by atoms with van der Waals surface area (Å²) < 4.78 is 3.46. The quantitative estimate of drug-likeness (QED) is 0.426. The van der Waals surface area contributed by atoms with Gasteiger partial charge in [-0.1, -0.05) is 0 Å². The molecule has 2 rings (SSSR count). The second-order valence-corrected chi connectivity index (χ2v) is 2.01. The zero-order chi connectivity index (χ0) is 4.69. The van der Waals surface area contributed by atoms with E-state index >= 15 is 0 Å². The van der Waals surface area contributed by atoms with Gasteiger partial charge in [-0.25, -0.2) is 0 Å². The highest BCUT2D eigenvalue weighted by atomic mass is 32.2. The third-order valence-electron chi connectivity index (χ3n) is 0.569. The van der Waals surface area contributed by atoms with E-state index in [1.807, 2.05) is 0 Å². The molecule has 40 valence electrons. The Morgan fingerprint density at radius 2 is 1.29 bits per heavy atom. The van der Waals surface area contributed by atoms with E-state index in [-0.39, 0.29) is 0 Å². The first kappa shape index (κ1) is 3.19. The zero-order valence-corrected chi connectivity index (χ0v) is 4.12. The normalized spacial score (nSPS) is 11.4. The predicted octanol–water partition coefficient (Wildman–Crippen LogP) is -0.438. The fraction of sp³-hybridized carbons (Fsp3) is 0. The lowest BCUT2D eigenvalue weighted by Gasteiger charge is -1.74. The third-order valence-corrected chi connectivity index (χ3v) is 1.26. The molecule has 0 amide bonds. The second kappa shape index (κ2) is 0.861. The molecule has 0 unspecified atom stereocenters. The summed E-state index contributed by atoms with van der Waals surface area (Å²) in [5, 5.41) is 10.9. The highest BCUT2D eigenvalue weighted by molar-refractivity contribution is 7.96. The molecular formula is H4N6S. The van der Waals surface area contributed by atoms with E-state index in [0.29, 0.717) is 0 Å². The number of rotatable bonds is 2. The van der Waals surface area contributed by atoms with Crippen molar-refractivity contribution in [2.75, 3.05) is 0 Å². The van der Waals surface area contributed by atoms with Crippen LogP contribution in [0.3, 0.4) is 0 Å². The van der Waals surface area contributed by atoms with Gasteiger partial charge < -0.3 is 0 Å². The molecule has 0 aliphatic heterocycles. The zero-order valence-electron chi connectivity index (χ0n) is 3.30. The maximum Gasteiger partial charge on any atom is 0.156 e. The van der Waals surface area contributed by atoms with E-state index in [9.17, 15) is 0 Å². The van der Waals surface area contributed by atoms with Crippen molar-refractivity contribution in [3.63, 3.8) is 0 Å². The first-order valence-corrected chi connectivity index (χ1v) is 2.49. The van der Waals surface area contributed by atoms with E-state index in [2.05, 4.69) is 20.9 Å². The number of H-pyrrole nitrogens is 4. The second-order valence-electron chi connectivity index (χ2n) is 1.12. The number of hydrogen-bond acceptors (Lipinski definition) is 1. The highest BCUT2D eigenvalue weighted by Gasteiger charge is 1.98. The largest absolute Gasteiger partial charge is 0.197 e. The molecule has 2 heterocycles. The maximum absolute atomic E-state index is 2.73. The molecular weight excluding hydrogens is 116 g/mol. The molecule has 0 bridgehead atoms. The van der Waals surface area contributed by atoms with Crippen molar-refractivity contribution in [2.45, 2.75) is 0 Å². The van der Waals surface area contributed by atoms with Gasteiger partial charge in [0.05, 0.1) is 0 Å². The fourth-order valence-corrected chi connectivity index (χ4v) is 0.612. The molecule has 4 N–H and O–H groups in total. The van der Waals surface area contributed by atoms with Gasteiger partial charge in [0.15, 0.2) is 12.1 Å². The number of aromatic nitrogens is 6. The minimum absolute atomic E-state index is 1.45. The monoisotopic (exact) mass is 120 g/mol. The molecule has 0 spiro atoms. The van der Waals surface area contributed by atoms with Crippen LogP contribution in [-0.2, 0) is 0 Å². The van der Waals surface area contributed by atoms with Gasteiger partial charge in [0.1, 0.15) is 0 Å². The van der Waals surface area contributed by atoms with Gasteiger partial charge in [0.2, 0.25) is 0 Å². The van der Waals surface area contributed by atoms with E-state index < -0.39 is 0 Å². The van der Waals surface area contributed by atoms with E-state index in [1.165, 1.54) is 12.1 Å². The lowest BCUT2D eigenvalue weighted by atomic mass is 13.1. The summed E-state index contributed by atoms with van der Waals surface area (Å²) in [5.74, 6) is 0. The summed E-state index contributed by atoms with van der Waals surface area (Å²) in [6, 6.07) is 0. The standard InChI is InChI=1S/H4N6S/c1-2-5(1)7-6-3-4-6/h1-4H. The van der Waals surface area contributed by atoms with Crippen LogP contribution in [0.25, 0.3) is 0 Å². The predicted molar refractivity (Wildman–Crippen MR) is 24.7 cm³/mol. The summed E-state index contributed by atoms with van der Waals surface area (Å²) in [5.41, 5.74) is 0. The average Bonchev–Trinajstić information content (AvgIpc) is 2.33. The van der Waals surface area contributed by atoms with Crippen LogP contribution in [0.1, 0.15) is 0 Å². The van der Waals surface area contributed by atoms with Gasteiger partial charge in [0.25, 0.3) is 0 Å². The first-order chi connectivity index (χ1) is 3.45. The number of nitrogens with zero attached hydrogens (tertiary/aromatic N) is 2. The Morgan fingerprint density at radius 1 is 0.857 bits per heavy atom. The van der Waals surface area contributed by atoms with Crippen molar-refractivity contribution in [1.82, 2.24) is 29.3 Å². The van der Waals surface area contributed by atoms with Gasteiger partial charge in [-0.15, -0.1) is 8.40 Å². The lowest BCUT2D eigenvalue weighted by Crippen LogP contribution is -1.75. The van der Waals surface area contributed by atoms with Crippen molar-refractivity contribution >= 4 is 12.1 Å². The highest BCUT2D eigenvalue weighted by Crippen LogP contribution is 2.02. The van der Waals surface area contributed by atoms with E-state index in [1.54, 1.807) is 8.40 Å². The SMILES string of the molecule is [nH]1[nH]n1Sn1[nH][nH]1. The van der Waals surface area contributed by atoms with Crippen LogP contribution in [-0.4, -0.2) is 29.3 Å². The molecule has 0 fully saturated rings. The molecule has 6 nitrogen and oxygen atoms in total. The van der Waals surface area contributed by atoms with Crippen molar-refractivity contribution < 1.29 is 0 Å². The molecule has 0 saturated carbocycles. The molecule has 7 heavy (non-hydrogen) atoms. The summed E-state index contributed by atoms with van der Waals surface area (Å²) >= 11 is 1.45. The van der Waals surface area contributed by atoms with Crippen LogP contribution in [0, 0.1) is 0 Å². The molecule has 0 aliphatic rings. The Hall–Kier alpha value is -0.850. The topological polar surface area (TPSA) is 73.0 Å². The van der Waals surface area contributed by atoms with Crippen molar-refractivity contribution in [3.8, 4) is 0 Å². The van der Waals surface area contributed by atoms with Crippen molar-refractivity contribution in [3.05, 3.63) is 0 Å². The number of nitrogens with one attached hydrogen (secondary N) is 4. The lowest BCUT2D eigenvalue weighted by molar-refractivity contribution is 1.17. The Morgan fingerprint density at radius 3 is 1.57 bits per heavy atom. The smallest absolute Gasteiger partial charge is 0.156 e. The Kier molecular flexibility index (Phi) is 0.392. The van der Waals surface area contributed by atoms with Crippen LogP contribution < -0.4 is 0 Å². The van der Waals surface area contributed by atoms with Crippen LogP contribution in [0.4, 0.5) is 0 Å². The third kappa shape index (κ3) is 0.610. The van der Waals surface area contributed by atoms with E-state index in [4.69, 9.17) is 0 Å². The van der Waals surface area contributed by atoms with Crippen molar-refractivity contribution in [2.24, 2.45) is 0 Å². The molecule has 2 aromatic rings. The average molecular weight is 120 g/mol. The van der Waals surface area contributed by atoms with Gasteiger partial charge >= 0.3 is 0 Å². The molecule has 0 radical (unpaired) electrons. The van der Waals surface area contributed by atoms with Gasteiger partial charge in [-0.2, -0.15) is 20.9 Å². The molecule has 0 aromatic carbocycles. The number of aromatic amines is 4. The molecule has 2 aromatic heterocycles. The fourth-order valence-electron chi connectivity index (χ4n) is 0.204. The Labute approximate surface area is 42.4 Å². The Balaban J connectivity index is 1.99. The minimum Gasteiger partial charge on any atom is -0.197 e. The summed E-state index contributed by atoms with van der Waals surface area (Å²) in [7, 11) is 0. The maximum atomic E-state index is 2.73. The number of hydrogen-bond donors (Lipinski definition) is 4. The van der Waals surface area contributed by atoms with Crippen molar-refractivity contribution in [1.29, 1.82) is 0 Å². The minimum atomic E-state index is 1.45. The molecule has 7 heteroatoms. The summed E-state index contributed by atoms with van der Waals surface area (Å²) in [6.45, 7) is 0.